The van der Waals surface area contributed by atoms with Crippen molar-refractivity contribution in [1.82, 2.24) is 10.6 Å². The minimum atomic E-state index is -1.25. The van der Waals surface area contributed by atoms with Crippen LogP contribution in [0.2, 0.25) is 0 Å². The summed E-state index contributed by atoms with van der Waals surface area (Å²) in [5.41, 5.74) is 21.1. The van der Waals surface area contributed by atoms with Gasteiger partial charge in [-0.1, -0.05) is 21.6 Å². The summed E-state index contributed by atoms with van der Waals surface area (Å²) in [5, 5.41) is 22.1. The number of aliphatic carboxylic acids is 2. The van der Waals surface area contributed by atoms with E-state index in [9.17, 15) is 28.8 Å². The molecule has 0 aromatic rings. The number of carboxylic acids is 2. The second-order valence-electron chi connectivity index (χ2n) is 6.58. The molecule has 0 saturated carbocycles. The predicted molar refractivity (Wildman–Crippen MR) is 117 cm³/mol. The number of primary amides is 2. The number of carbonyl (C=O) groups excluding carboxylic acids is 4. The SMILES string of the molecule is NC(=O)[C@H](CSSC[C@H](NC(=O)CC[C@H](N)C(=O)O)C(N)=O)NC(=O)CC[C@H](N)C(=O)O. The van der Waals surface area contributed by atoms with Crippen molar-refractivity contribution in [3.63, 3.8) is 0 Å². The minimum Gasteiger partial charge on any atom is -0.480 e. The van der Waals surface area contributed by atoms with Crippen molar-refractivity contribution in [2.24, 2.45) is 22.9 Å². The molecule has 12 N–H and O–H groups in total. The fraction of sp³-hybridized carbons (Fsp3) is 0.625. The molecular weight excluding hydrogens is 468 g/mol. The molecule has 0 heterocycles. The van der Waals surface area contributed by atoms with E-state index in [-0.39, 0.29) is 37.2 Å². The molecule has 0 bridgehead atoms. The van der Waals surface area contributed by atoms with Crippen LogP contribution >= 0.6 is 21.6 Å². The first kappa shape index (κ1) is 29.4. The molecule has 0 aromatic carbocycles. The van der Waals surface area contributed by atoms with Crippen LogP contribution in [-0.4, -0.2) is 81.5 Å². The van der Waals surface area contributed by atoms with Gasteiger partial charge < -0.3 is 43.8 Å². The zero-order valence-corrected chi connectivity index (χ0v) is 18.7. The third-order valence-corrected chi connectivity index (χ3v) is 6.33. The van der Waals surface area contributed by atoms with E-state index < -0.39 is 59.7 Å². The number of rotatable bonds is 17. The van der Waals surface area contributed by atoms with Crippen molar-refractivity contribution in [2.45, 2.75) is 49.9 Å². The van der Waals surface area contributed by atoms with Crippen LogP contribution in [-0.2, 0) is 28.8 Å². The summed E-state index contributed by atoms with van der Waals surface area (Å²) < 4.78 is 0. The molecule has 32 heavy (non-hydrogen) atoms. The van der Waals surface area contributed by atoms with Gasteiger partial charge in [0.25, 0.3) is 0 Å². The number of hydrogen-bond donors (Lipinski definition) is 8. The van der Waals surface area contributed by atoms with Gasteiger partial charge in [-0.05, 0) is 12.8 Å². The zero-order chi connectivity index (χ0) is 24.8. The Morgan fingerprint density at radius 1 is 0.688 bits per heavy atom. The van der Waals surface area contributed by atoms with Crippen LogP contribution in [0.1, 0.15) is 25.7 Å². The van der Waals surface area contributed by atoms with Gasteiger partial charge in [-0.15, -0.1) is 0 Å². The Morgan fingerprint density at radius 2 is 1.00 bits per heavy atom. The van der Waals surface area contributed by atoms with Gasteiger partial charge in [0.1, 0.15) is 24.2 Å². The number of nitrogens with one attached hydrogen (secondary N) is 2. The van der Waals surface area contributed by atoms with Crippen LogP contribution in [0, 0.1) is 0 Å². The lowest BCUT2D eigenvalue weighted by Crippen LogP contribution is -2.47. The Bertz CT molecular complexity index is 652. The third-order valence-electron chi connectivity index (χ3n) is 3.91. The molecule has 0 spiro atoms. The molecule has 0 aromatic heterocycles. The number of carboxylic acid groups (broad SMARTS) is 2. The fourth-order valence-corrected chi connectivity index (χ4v) is 4.33. The largest absolute Gasteiger partial charge is 0.480 e. The van der Waals surface area contributed by atoms with E-state index in [1.807, 2.05) is 0 Å². The third kappa shape index (κ3) is 13.0. The van der Waals surface area contributed by atoms with Gasteiger partial charge in [0, 0.05) is 24.3 Å². The molecule has 0 aliphatic rings. The molecule has 0 aliphatic heterocycles. The summed E-state index contributed by atoms with van der Waals surface area (Å²) in [6.45, 7) is 0. The van der Waals surface area contributed by atoms with E-state index >= 15 is 0 Å². The first-order chi connectivity index (χ1) is 14.8. The number of nitrogens with two attached hydrogens (primary N) is 4. The van der Waals surface area contributed by atoms with E-state index in [1.165, 1.54) is 0 Å². The second kappa shape index (κ2) is 15.3. The van der Waals surface area contributed by atoms with Crippen LogP contribution in [0.25, 0.3) is 0 Å². The first-order valence-corrected chi connectivity index (χ1v) is 11.7. The highest BCUT2D eigenvalue weighted by Gasteiger charge is 2.22. The van der Waals surface area contributed by atoms with E-state index in [4.69, 9.17) is 33.1 Å². The molecular formula is C16H28N6O8S2. The topological polar surface area (TPSA) is 271 Å². The lowest BCUT2D eigenvalue weighted by Gasteiger charge is -2.17. The second-order valence-corrected chi connectivity index (χ2v) is 9.13. The van der Waals surface area contributed by atoms with Crippen LogP contribution in [0.5, 0.6) is 0 Å². The predicted octanol–water partition coefficient (Wildman–Crippen LogP) is -3.31. The Balaban J connectivity index is 4.46. The number of amides is 4. The van der Waals surface area contributed by atoms with Gasteiger partial charge >= 0.3 is 11.9 Å². The summed E-state index contributed by atoms with van der Waals surface area (Å²) in [4.78, 5) is 68.1. The molecule has 4 amide bonds. The maximum Gasteiger partial charge on any atom is 0.320 e. The summed E-state index contributed by atoms with van der Waals surface area (Å²) in [6, 6.07) is -4.53. The van der Waals surface area contributed by atoms with Crippen LogP contribution in [0.4, 0.5) is 0 Å². The van der Waals surface area contributed by atoms with Gasteiger partial charge in [-0.2, -0.15) is 0 Å². The lowest BCUT2D eigenvalue weighted by molar-refractivity contribution is -0.140. The average Bonchev–Trinajstić information content (AvgIpc) is 2.70. The summed E-state index contributed by atoms with van der Waals surface area (Å²) in [6.07, 6.45) is -0.662. The van der Waals surface area contributed by atoms with Crippen molar-refractivity contribution in [1.29, 1.82) is 0 Å². The fourth-order valence-electron chi connectivity index (χ4n) is 1.98. The smallest absolute Gasteiger partial charge is 0.320 e. The standard InChI is InChI=1S/C16H28N6O8S2/c17-7(15(27)28)1-3-11(23)21-9(13(19)25)5-31-32-6-10(14(20)26)22-12(24)4-2-8(18)16(29)30/h7-10H,1-6,17-18H2,(H2,19,25)(H2,20,26)(H,21,23)(H,22,24)(H,27,28)(H,29,30)/t7-,8-,9-,10-/m0/s1. The molecule has 0 saturated heterocycles. The van der Waals surface area contributed by atoms with E-state index in [0.29, 0.717) is 0 Å². The van der Waals surface area contributed by atoms with Crippen molar-refractivity contribution < 1.29 is 39.0 Å². The van der Waals surface area contributed by atoms with Crippen molar-refractivity contribution in [3.8, 4) is 0 Å². The molecule has 0 fully saturated rings. The van der Waals surface area contributed by atoms with Gasteiger partial charge in [-0.3, -0.25) is 28.8 Å². The molecule has 182 valence electrons. The molecule has 16 heteroatoms. The van der Waals surface area contributed by atoms with Crippen LogP contribution < -0.4 is 33.6 Å². The minimum absolute atomic E-state index is 0.0314. The van der Waals surface area contributed by atoms with E-state index in [2.05, 4.69) is 10.6 Å². The van der Waals surface area contributed by atoms with Crippen LogP contribution in [0.3, 0.4) is 0 Å². The molecule has 0 unspecified atom stereocenters. The molecule has 0 radical (unpaired) electrons. The van der Waals surface area contributed by atoms with Gasteiger partial charge in [0.2, 0.25) is 23.6 Å². The van der Waals surface area contributed by atoms with Crippen molar-refractivity contribution in [3.05, 3.63) is 0 Å². The maximum atomic E-state index is 11.9. The lowest BCUT2D eigenvalue weighted by atomic mass is 10.1. The highest BCUT2D eigenvalue weighted by Crippen LogP contribution is 2.23. The highest BCUT2D eigenvalue weighted by atomic mass is 33.1. The van der Waals surface area contributed by atoms with Gasteiger partial charge in [0.05, 0.1) is 0 Å². The summed E-state index contributed by atoms with van der Waals surface area (Å²) in [5.74, 6) is -5.27. The highest BCUT2D eigenvalue weighted by molar-refractivity contribution is 8.76. The number of hydrogen-bond acceptors (Lipinski definition) is 10. The van der Waals surface area contributed by atoms with Gasteiger partial charge in [0.15, 0.2) is 0 Å². The Labute approximate surface area is 191 Å². The van der Waals surface area contributed by atoms with Gasteiger partial charge in [-0.25, -0.2) is 0 Å². The zero-order valence-electron chi connectivity index (χ0n) is 17.0. The first-order valence-electron chi connectivity index (χ1n) is 9.23. The van der Waals surface area contributed by atoms with Crippen molar-refractivity contribution >= 4 is 57.2 Å². The Kier molecular flexibility index (Phi) is 14.1. The van der Waals surface area contributed by atoms with E-state index in [0.717, 1.165) is 21.6 Å². The summed E-state index contributed by atoms with van der Waals surface area (Å²) in [7, 11) is 2.16. The maximum absolute atomic E-state index is 11.9. The monoisotopic (exact) mass is 496 g/mol. The normalized spacial score (nSPS) is 14.4. The Morgan fingerprint density at radius 3 is 1.25 bits per heavy atom. The number of carbonyl (C=O) groups is 6. The van der Waals surface area contributed by atoms with Crippen molar-refractivity contribution in [2.75, 3.05) is 11.5 Å². The quantitative estimate of drug-likeness (QED) is 0.0726. The average molecular weight is 497 g/mol. The molecule has 4 atom stereocenters. The summed E-state index contributed by atoms with van der Waals surface area (Å²) >= 11 is 0. The molecule has 14 nitrogen and oxygen atoms in total. The van der Waals surface area contributed by atoms with E-state index in [1.54, 1.807) is 0 Å². The van der Waals surface area contributed by atoms with Crippen LogP contribution in [0.15, 0.2) is 0 Å². The molecule has 0 aliphatic carbocycles. The Hall–Kier alpha value is -2.56. The molecule has 0 rings (SSSR count).